The van der Waals surface area contributed by atoms with E-state index in [-0.39, 0.29) is 5.56 Å². The first-order valence-electron chi connectivity index (χ1n) is 6.60. The zero-order chi connectivity index (χ0) is 13.5. The molecule has 104 valence electrons. The van der Waals surface area contributed by atoms with Crippen LogP contribution in [0.4, 0.5) is 0 Å². The number of carboxylic acid groups (broad SMARTS) is 1. The third kappa shape index (κ3) is 4.54. The van der Waals surface area contributed by atoms with Crippen molar-refractivity contribution in [2.24, 2.45) is 0 Å². The van der Waals surface area contributed by atoms with Crippen molar-refractivity contribution in [3.05, 3.63) is 29.8 Å². The lowest BCUT2D eigenvalue weighted by Gasteiger charge is -2.12. The van der Waals surface area contributed by atoms with Gasteiger partial charge in [0, 0.05) is 0 Å². The van der Waals surface area contributed by atoms with Gasteiger partial charge < -0.3 is 9.84 Å². The van der Waals surface area contributed by atoms with Crippen molar-refractivity contribution < 1.29 is 19.5 Å². The number of carbonyl (C=O) groups is 1. The molecule has 1 aromatic carbocycles. The van der Waals surface area contributed by atoms with Gasteiger partial charge in [-0.25, -0.2) is 4.79 Å². The van der Waals surface area contributed by atoms with Gasteiger partial charge in [-0.3, -0.25) is 4.84 Å². The van der Waals surface area contributed by atoms with E-state index in [0.29, 0.717) is 25.0 Å². The highest BCUT2D eigenvalue weighted by atomic mass is 16.7. The normalized spacial score (nSPS) is 15.6. The Morgan fingerprint density at radius 1 is 1.26 bits per heavy atom. The Kier molecular flexibility index (Phi) is 5.18. The number of aromatic carboxylic acids is 1. The highest BCUT2D eigenvalue weighted by Crippen LogP contribution is 2.19. The standard InChI is InChI=1S/C14H19NO4/c16-14(17)11-5-7-12(8-6-11)18-10-9-15-19-13-3-1-2-4-13/h5-8,13,15H,1-4,9-10H2,(H,16,17). The van der Waals surface area contributed by atoms with E-state index in [2.05, 4.69) is 5.48 Å². The summed E-state index contributed by atoms with van der Waals surface area (Å²) in [6.45, 7) is 1.09. The van der Waals surface area contributed by atoms with Gasteiger partial charge in [-0.05, 0) is 37.1 Å². The molecule has 0 radical (unpaired) electrons. The minimum atomic E-state index is -0.932. The van der Waals surface area contributed by atoms with Crippen molar-refractivity contribution in [1.82, 2.24) is 5.48 Å². The minimum absolute atomic E-state index is 0.259. The van der Waals surface area contributed by atoms with Crippen LogP contribution in [0.15, 0.2) is 24.3 Å². The van der Waals surface area contributed by atoms with Crippen molar-refractivity contribution in [3.63, 3.8) is 0 Å². The number of ether oxygens (including phenoxy) is 1. The number of benzene rings is 1. The Labute approximate surface area is 112 Å². The first kappa shape index (κ1) is 13.8. The van der Waals surface area contributed by atoms with Gasteiger partial charge in [0.05, 0.1) is 18.2 Å². The number of rotatable bonds is 7. The van der Waals surface area contributed by atoms with Crippen LogP contribution in [0.3, 0.4) is 0 Å². The predicted molar refractivity (Wildman–Crippen MR) is 70.2 cm³/mol. The fourth-order valence-electron chi connectivity index (χ4n) is 2.09. The molecule has 0 spiro atoms. The highest BCUT2D eigenvalue weighted by Gasteiger charge is 2.15. The van der Waals surface area contributed by atoms with Gasteiger partial charge in [0.2, 0.25) is 0 Å². The minimum Gasteiger partial charge on any atom is -0.492 e. The summed E-state index contributed by atoms with van der Waals surface area (Å²) in [5.41, 5.74) is 3.17. The molecule has 0 aliphatic heterocycles. The molecular formula is C14H19NO4. The van der Waals surface area contributed by atoms with Crippen LogP contribution in [0.2, 0.25) is 0 Å². The van der Waals surface area contributed by atoms with Crippen LogP contribution in [0.25, 0.3) is 0 Å². The van der Waals surface area contributed by atoms with Crippen LogP contribution in [-0.2, 0) is 4.84 Å². The molecule has 0 bridgehead atoms. The summed E-state index contributed by atoms with van der Waals surface area (Å²) >= 11 is 0. The van der Waals surface area contributed by atoms with E-state index in [1.807, 2.05) is 0 Å². The number of nitrogens with one attached hydrogen (secondary N) is 1. The van der Waals surface area contributed by atoms with Crippen molar-refractivity contribution >= 4 is 5.97 Å². The molecule has 0 atom stereocenters. The molecule has 5 nitrogen and oxygen atoms in total. The summed E-state index contributed by atoms with van der Waals surface area (Å²) in [5.74, 6) is -0.272. The fourth-order valence-corrected chi connectivity index (χ4v) is 2.09. The molecule has 0 saturated heterocycles. The summed E-state index contributed by atoms with van der Waals surface area (Å²) in [4.78, 5) is 16.2. The van der Waals surface area contributed by atoms with Crippen molar-refractivity contribution in [2.45, 2.75) is 31.8 Å². The summed E-state index contributed by atoms with van der Waals surface area (Å²) in [5, 5.41) is 8.76. The molecule has 0 amide bonds. The Balaban J connectivity index is 1.61. The molecule has 5 heteroatoms. The van der Waals surface area contributed by atoms with Crippen LogP contribution in [-0.4, -0.2) is 30.3 Å². The number of hydroxylamine groups is 1. The van der Waals surface area contributed by atoms with E-state index in [1.54, 1.807) is 12.1 Å². The number of hydrogen-bond donors (Lipinski definition) is 2. The number of hydrogen-bond acceptors (Lipinski definition) is 4. The van der Waals surface area contributed by atoms with Crippen LogP contribution < -0.4 is 10.2 Å². The maximum atomic E-state index is 10.7. The van der Waals surface area contributed by atoms with E-state index in [4.69, 9.17) is 14.7 Å². The molecule has 2 N–H and O–H groups in total. The molecule has 19 heavy (non-hydrogen) atoms. The van der Waals surface area contributed by atoms with Crippen molar-refractivity contribution in [2.75, 3.05) is 13.2 Å². The topological polar surface area (TPSA) is 67.8 Å². The quantitative estimate of drug-likeness (QED) is 0.584. The van der Waals surface area contributed by atoms with Gasteiger partial charge in [-0.1, -0.05) is 12.8 Å². The van der Waals surface area contributed by atoms with Gasteiger partial charge in [0.25, 0.3) is 0 Å². The Morgan fingerprint density at radius 3 is 2.58 bits per heavy atom. The van der Waals surface area contributed by atoms with Crippen molar-refractivity contribution in [1.29, 1.82) is 0 Å². The van der Waals surface area contributed by atoms with Gasteiger partial charge in [0.15, 0.2) is 0 Å². The largest absolute Gasteiger partial charge is 0.492 e. The van der Waals surface area contributed by atoms with Gasteiger partial charge >= 0.3 is 5.97 Å². The molecule has 0 unspecified atom stereocenters. The smallest absolute Gasteiger partial charge is 0.335 e. The zero-order valence-corrected chi connectivity index (χ0v) is 10.8. The SMILES string of the molecule is O=C(O)c1ccc(OCCNOC2CCCC2)cc1. The number of carboxylic acids is 1. The van der Waals surface area contributed by atoms with Crippen molar-refractivity contribution in [3.8, 4) is 5.75 Å². The highest BCUT2D eigenvalue weighted by molar-refractivity contribution is 5.87. The molecule has 0 heterocycles. The maximum Gasteiger partial charge on any atom is 0.335 e. The second kappa shape index (κ2) is 7.11. The second-order valence-electron chi connectivity index (χ2n) is 4.60. The third-order valence-electron chi connectivity index (χ3n) is 3.13. The van der Waals surface area contributed by atoms with E-state index in [9.17, 15) is 4.79 Å². The molecule has 2 rings (SSSR count). The summed E-state index contributed by atoms with van der Waals surface area (Å²) < 4.78 is 5.47. The average molecular weight is 265 g/mol. The molecule has 1 aliphatic rings. The zero-order valence-electron chi connectivity index (χ0n) is 10.8. The first-order chi connectivity index (χ1) is 9.25. The first-order valence-corrected chi connectivity index (χ1v) is 6.60. The molecule has 1 fully saturated rings. The monoisotopic (exact) mass is 265 g/mol. The molecule has 1 saturated carbocycles. The lowest BCUT2D eigenvalue weighted by Crippen LogP contribution is -2.26. The second-order valence-corrected chi connectivity index (χ2v) is 4.60. The van der Waals surface area contributed by atoms with Gasteiger partial charge in [0.1, 0.15) is 12.4 Å². The molecule has 1 aromatic rings. The van der Waals surface area contributed by atoms with Crippen LogP contribution in [0.5, 0.6) is 5.75 Å². The molecule has 1 aliphatic carbocycles. The maximum absolute atomic E-state index is 10.7. The van der Waals surface area contributed by atoms with Gasteiger partial charge in [-0.15, -0.1) is 0 Å². The van der Waals surface area contributed by atoms with Crippen LogP contribution >= 0.6 is 0 Å². The van der Waals surface area contributed by atoms with Gasteiger partial charge in [-0.2, -0.15) is 5.48 Å². The van der Waals surface area contributed by atoms with E-state index in [0.717, 1.165) is 12.8 Å². The molecule has 0 aromatic heterocycles. The van der Waals surface area contributed by atoms with E-state index >= 15 is 0 Å². The summed E-state index contributed by atoms with van der Waals surface area (Å²) in [6, 6.07) is 6.36. The Morgan fingerprint density at radius 2 is 1.95 bits per heavy atom. The average Bonchev–Trinajstić information content (AvgIpc) is 2.92. The van der Waals surface area contributed by atoms with E-state index < -0.39 is 5.97 Å². The third-order valence-corrected chi connectivity index (χ3v) is 3.13. The Bertz CT molecular complexity index is 398. The predicted octanol–water partition coefficient (Wildman–Crippen LogP) is 2.23. The Hall–Kier alpha value is -1.59. The lowest BCUT2D eigenvalue weighted by molar-refractivity contribution is -0.0245. The molecular weight excluding hydrogens is 246 g/mol. The van der Waals surface area contributed by atoms with Crippen LogP contribution in [0.1, 0.15) is 36.0 Å². The summed E-state index contributed by atoms with van der Waals surface area (Å²) in [6.07, 6.45) is 5.10. The summed E-state index contributed by atoms with van der Waals surface area (Å²) in [7, 11) is 0. The lowest BCUT2D eigenvalue weighted by atomic mass is 10.2. The van der Waals surface area contributed by atoms with E-state index in [1.165, 1.54) is 25.0 Å². The fraction of sp³-hybridized carbons (Fsp3) is 0.500. The van der Waals surface area contributed by atoms with Crippen LogP contribution in [0, 0.1) is 0 Å².